The molecule has 0 aliphatic carbocycles. The predicted octanol–water partition coefficient (Wildman–Crippen LogP) is 5.06. The van der Waals surface area contributed by atoms with Crippen LogP contribution in [-0.2, 0) is 0 Å². The summed E-state index contributed by atoms with van der Waals surface area (Å²) in [5.74, 6) is 0. The van der Waals surface area contributed by atoms with Crippen LogP contribution >= 0.6 is 0 Å². The number of halogens is 1. The minimum Gasteiger partial charge on any atom is -0.322 e. The Balaban J connectivity index is 2.36. The van der Waals surface area contributed by atoms with E-state index in [1.165, 1.54) is 70.6 Å². The van der Waals surface area contributed by atoms with Crippen LogP contribution in [0.4, 0.5) is 4.39 Å². The van der Waals surface area contributed by atoms with Crippen molar-refractivity contribution >= 4 is 0 Å². The van der Waals surface area contributed by atoms with Gasteiger partial charge in [0.2, 0.25) is 0 Å². The first-order valence-corrected chi connectivity index (χ1v) is 9.74. The lowest BCUT2D eigenvalue weighted by Crippen LogP contribution is -2.46. The third-order valence-electron chi connectivity index (χ3n) is 5.23. The van der Waals surface area contributed by atoms with Gasteiger partial charge in [-0.2, -0.15) is 0 Å². The molecule has 1 heterocycles. The summed E-state index contributed by atoms with van der Waals surface area (Å²) in [4.78, 5) is 2.49. The fourth-order valence-corrected chi connectivity index (χ4v) is 3.65. The molecule has 2 N–H and O–H groups in total. The second-order valence-electron chi connectivity index (χ2n) is 7.42. The Kier molecular flexibility index (Phi) is 10.3. The van der Waals surface area contributed by atoms with Crippen molar-refractivity contribution < 1.29 is 4.39 Å². The molecule has 0 aromatic heterocycles. The van der Waals surface area contributed by atoms with E-state index in [4.69, 9.17) is 5.73 Å². The number of hydrogen-bond acceptors (Lipinski definition) is 2. The third kappa shape index (κ3) is 7.41. The maximum Gasteiger partial charge on any atom is 0.109 e. The van der Waals surface area contributed by atoms with Gasteiger partial charge in [0.1, 0.15) is 6.67 Å². The van der Waals surface area contributed by atoms with E-state index in [1.54, 1.807) is 0 Å². The fraction of sp³-hybridized carbons (Fsp3) is 1.00. The first-order valence-electron chi connectivity index (χ1n) is 9.74. The summed E-state index contributed by atoms with van der Waals surface area (Å²) < 4.78 is 13.1. The maximum absolute atomic E-state index is 13.1. The average Bonchev–Trinajstić information content (AvgIpc) is 2.92. The maximum atomic E-state index is 13.1. The molecule has 2 atom stereocenters. The summed E-state index contributed by atoms with van der Waals surface area (Å²) in [5.41, 5.74) is 5.58. The predicted molar refractivity (Wildman–Crippen MR) is 95.0 cm³/mol. The number of likely N-dealkylation sites (tertiary alicyclic amines) is 1. The molecular weight excluding hydrogens is 275 g/mol. The van der Waals surface area contributed by atoms with Gasteiger partial charge in [0.15, 0.2) is 0 Å². The van der Waals surface area contributed by atoms with Crippen LogP contribution in [0.3, 0.4) is 0 Å². The second-order valence-corrected chi connectivity index (χ2v) is 7.42. The molecule has 1 aliphatic rings. The summed E-state index contributed by atoms with van der Waals surface area (Å²) in [6.45, 7) is 5.90. The lowest BCUT2D eigenvalue weighted by atomic mass is 9.99. The molecule has 2 nitrogen and oxygen atoms in total. The molecule has 1 saturated heterocycles. The van der Waals surface area contributed by atoms with Crippen molar-refractivity contribution in [1.29, 1.82) is 0 Å². The second kappa shape index (κ2) is 11.4. The van der Waals surface area contributed by atoms with Crippen molar-refractivity contribution in [3.63, 3.8) is 0 Å². The molecule has 1 unspecified atom stereocenters. The van der Waals surface area contributed by atoms with E-state index in [1.807, 2.05) is 0 Å². The third-order valence-corrected chi connectivity index (χ3v) is 5.23. The van der Waals surface area contributed by atoms with Crippen LogP contribution in [-0.4, -0.2) is 36.2 Å². The molecule has 0 radical (unpaired) electrons. The highest BCUT2D eigenvalue weighted by molar-refractivity contribution is 4.96. The highest BCUT2D eigenvalue weighted by atomic mass is 19.1. The van der Waals surface area contributed by atoms with Crippen LogP contribution in [0.25, 0.3) is 0 Å². The van der Waals surface area contributed by atoms with Gasteiger partial charge in [0.05, 0.1) is 5.54 Å². The molecular formula is C19H39FN2. The van der Waals surface area contributed by atoms with Gasteiger partial charge in [-0.3, -0.25) is 4.90 Å². The highest BCUT2D eigenvalue weighted by Gasteiger charge is 2.37. The van der Waals surface area contributed by atoms with Crippen molar-refractivity contribution in [3.05, 3.63) is 0 Å². The van der Waals surface area contributed by atoms with Gasteiger partial charge in [0, 0.05) is 19.1 Å². The normalized spacial score (nSPS) is 24.0. The first-order chi connectivity index (χ1) is 10.6. The van der Waals surface area contributed by atoms with E-state index in [0.29, 0.717) is 6.04 Å². The minimum absolute atomic E-state index is 0.372. The monoisotopic (exact) mass is 314 g/mol. The fourth-order valence-electron chi connectivity index (χ4n) is 3.65. The van der Waals surface area contributed by atoms with Gasteiger partial charge in [-0.1, -0.05) is 71.6 Å². The van der Waals surface area contributed by atoms with Crippen LogP contribution in [0.2, 0.25) is 0 Å². The Bertz CT molecular complexity index is 272. The molecule has 3 heteroatoms. The van der Waals surface area contributed by atoms with Crippen LogP contribution in [0.15, 0.2) is 0 Å². The van der Waals surface area contributed by atoms with E-state index < -0.39 is 5.54 Å². The SMILES string of the molecule is CCCCCCCC(CCCCCC)N1CC[C@@](N)(CF)C1. The number of nitrogens with two attached hydrogens (primary N) is 1. The standard InChI is InChI=1S/C19H39FN2/c1-3-5-7-9-11-13-18(12-10-8-6-4-2)22-15-14-19(21,16-20)17-22/h18H,3-17,21H2,1-2H3/t18?,19-/m1/s1. The zero-order chi connectivity index (χ0) is 16.3. The molecule has 1 fully saturated rings. The molecule has 0 saturated carbocycles. The van der Waals surface area contributed by atoms with E-state index >= 15 is 0 Å². The molecule has 22 heavy (non-hydrogen) atoms. The smallest absolute Gasteiger partial charge is 0.109 e. The van der Waals surface area contributed by atoms with Crippen molar-refractivity contribution in [3.8, 4) is 0 Å². The number of unbranched alkanes of at least 4 members (excludes halogenated alkanes) is 7. The topological polar surface area (TPSA) is 29.3 Å². The van der Waals surface area contributed by atoms with E-state index in [2.05, 4.69) is 18.7 Å². The minimum atomic E-state index is -0.566. The van der Waals surface area contributed by atoms with Gasteiger partial charge < -0.3 is 5.73 Å². The Labute approximate surface area is 138 Å². The summed E-state index contributed by atoms with van der Waals surface area (Å²) in [5, 5.41) is 0. The molecule has 0 amide bonds. The summed E-state index contributed by atoms with van der Waals surface area (Å²) in [7, 11) is 0. The average molecular weight is 315 g/mol. The molecule has 0 spiro atoms. The van der Waals surface area contributed by atoms with Crippen molar-refractivity contribution in [2.75, 3.05) is 19.8 Å². The quantitative estimate of drug-likeness (QED) is 0.481. The number of nitrogens with zero attached hydrogens (tertiary/aromatic N) is 1. The molecule has 1 rings (SSSR count). The largest absolute Gasteiger partial charge is 0.322 e. The Morgan fingerprint density at radius 1 is 0.955 bits per heavy atom. The number of alkyl halides is 1. The Hall–Kier alpha value is -0.150. The van der Waals surface area contributed by atoms with Crippen LogP contribution in [0.1, 0.15) is 90.9 Å². The Morgan fingerprint density at radius 3 is 2.00 bits per heavy atom. The van der Waals surface area contributed by atoms with Crippen molar-refractivity contribution in [1.82, 2.24) is 4.90 Å². The molecule has 132 valence electrons. The van der Waals surface area contributed by atoms with Gasteiger partial charge >= 0.3 is 0 Å². The highest BCUT2D eigenvalue weighted by Crippen LogP contribution is 2.26. The van der Waals surface area contributed by atoms with E-state index in [9.17, 15) is 4.39 Å². The van der Waals surface area contributed by atoms with Gasteiger partial charge in [-0.15, -0.1) is 0 Å². The summed E-state index contributed by atoms with van der Waals surface area (Å²) >= 11 is 0. The Morgan fingerprint density at radius 2 is 1.50 bits per heavy atom. The van der Waals surface area contributed by atoms with Crippen LogP contribution in [0, 0.1) is 0 Å². The molecule has 1 aliphatic heterocycles. The molecule has 0 aromatic carbocycles. The van der Waals surface area contributed by atoms with Crippen LogP contribution < -0.4 is 5.73 Å². The van der Waals surface area contributed by atoms with E-state index in [-0.39, 0.29) is 6.67 Å². The summed E-state index contributed by atoms with van der Waals surface area (Å²) in [6, 6.07) is 0.635. The van der Waals surface area contributed by atoms with Crippen molar-refractivity contribution in [2.24, 2.45) is 5.73 Å². The van der Waals surface area contributed by atoms with Crippen LogP contribution in [0.5, 0.6) is 0 Å². The first kappa shape index (κ1) is 19.9. The van der Waals surface area contributed by atoms with Gasteiger partial charge in [0.25, 0.3) is 0 Å². The summed E-state index contributed by atoms with van der Waals surface area (Å²) in [6.07, 6.45) is 15.4. The van der Waals surface area contributed by atoms with Gasteiger partial charge in [-0.25, -0.2) is 4.39 Å². The van der Waals surface area contributed by atoms with E-state index in [0.717, 1.165) is 19.5 Å². The number of hydrogen-bond donors (Lipinski definition) is 1. The van der Waals surface area contributed by atoms with Crippen molar-refractivity contribution in [2.45, 2.75) is 102 Å². The molecule has 0 bridgehead atoms. The zero-order valence-corrected chi connectivity index (χ0v) is 15.1. The number of rotatable bonds is 13. The lowest BCUT2D eigenvalue weighted by Gasteiger charge is -2.29. The molecule has 0 aromatic rings. The zero-order valence-electron chi connectivity index (χ0n) is 15.1. The lowest BCUT2D eigenvalue weighted by molar-refractivity contribution is 0.190. The van der Waals surface area contributed by atoms with Gasteiger partial charge in [-0.05, 0) is 19.3 Å².